The zero-order valence-electron chi connectivity index (χ0n) is 9.49. The van der Waals surface area contributed by atoms with Gasteiger partial charge in [-0.05, 0) is 26.3 Å². The van der Waals surface area contributed by atoms with Gasteiger partial charge < -0.3 is 10.1 Å². The molecule has 2 aliphatic heterocycles. The number of nitrogens with zero attached hydrogens (tertiary/aromatic N) is 1. The van der Waals surface area contributed by atoms with Crippen LogP contribution in [0.5, 0.6) is 0 Å². The van der Waals surface area contributed by atoms with Crippen LogP contribution in [0.1, 0.15) is 20.8 Å². The smallest absolute Gasteiger partial charge is 0.0674 e. The average molecular weight is 198 g/mol. The van der Waals surface area contributed by atoms with Crippen molar-refractivity contribution in [3.05, 3.63) is 0 Å². The molecule has 2 rings (SSSR count). The molecule has 2 heterocycles. The van der Waals surface area contributed by atoms with Crippen molar-refractivity contribution in [1.29, 1.82) is 0 Å². The Morgan fingerprint density at radius 3 is 2.64 bits per heavy atom. The normalized spacial score (nSPS) is 45.6. The lowest BCUT2D eigenvalue weighted by Crippen LogP contribution is -2.54. The molecule has 3 heteroatoms. The summed E-state index contributed by atoms with van der Waals surface area (Å²) >= 11 is 0. The maximum absolute atomic E-state index is 5.65. The molecule has 0 radical (unpaired) electrons. The summed E-state index contributed by atoms with van der Waals surface area (Å²) < 4.78 is 5.65. The number of rotatable bonds is 1. The highest BCUT2D eigenvalue weighted by molar-refractivity contribution is 4.90. The molecular formula is C11H22N2O. The monoisotopic (exact) mass is 198 g/mol. The predicted octanol–water partition coefficient (Wildman–Crippen LogP) is 0.703. The summed E-state index contributed by atoms with van der Waals surface area (Å²) in [5, 5.41) is 3.47. The van der Waals surface area contributed by atoms with Gasteiger partial charge in [0, 0.05) is 25.2 Å². The van der Waals surface area contributed by atoms with Gasteiger partial charge in [-0.15, -0.1) is 0 Å². The fourth-order valence-electron chi connectivity index (χ4n) is 2.63. The van der Waals surface area contributed by atoms with Crippen LogP contribution in [0.15, 0.2) is 0 Å². The summed E-state index contributed by atoms with van der Waals surface area (Å²) in [7, 11) is 0. The second kappa shape index (κ2) is 4.17. The molecule has 2 fully saturated rings. The number of ether oxygens (including phenoxy) is 1. The average Bonchev–Trinajstić information content (AvgIpc) is 2.56. The van der Waals surface area contributed by atoms with Crippen molar-refractivity contribution in [1.82, 2.24) is 10.2 Å². The summed E-state index contributed by atoms with van der Waals surface area (Å²) in [6.45, 7) is 11.1. The highest BCUT2D eigenvalue weighted by atomic mass is 16.5. The molecule has 0 spiro atoms. The van der Waals surface area contributed by atoms with Gasteiger partial charge in [-0.1, -0.05) is 6.92 Å². The zero-order chi connectivity index (χ0) is 10.1. The Labute approximate surface area is 86.8 Å². The van der Waals surface area contributed by atoms with Gasteiger partial charge >= 0.3 is 0 Å². The summed E-state index contributed by atoms with van der Waals surface area (Å²) in [6, 6.07) is 1.30. The van der Waals surface area contributed by atoms with E-state index in [1.54, 1.807) is 0 Å². The van der Waals surface area contributed by atoms with Gasteiger partial charge in [0.25, 0.3) is 0 Å². The molecular weight excluding hydrogens is 176 g/mol. The van der Waals surface area contributed by atoms with E-state index in [1.807, 2.05) is 0 Å². The fraction of sp³-hybridized carbons (Fsp3) is 1.00. The third kappa shape index (κ3) is 1.95. The van der Waals surface area contributed by atoms with Crippen molar-refractivity contribution in [3.63, 3.8) is 0 Å². The first-order valence-corrected chi connectivity index (χ1v) is 5.76. The molecule has 2 saturated heterocycles. The fourth-order valence-corrected chi connectivity index (χ4v) is 2.63. The van der Waals surface area contributed by atoms with Crippen LogP contribution < -0.4 is 5.32 Å². The summed E-state index contributed by atoms with van der Waals surface area (Å²) in [6.07, 6.45) is 0.402. The molecule has 0 amide bonds. The van der Waals surface area contributed by atoms with Crippen LogP contribution in [0.25, 0.3) is 0 Å². The molecule has 0 aromatic heterocycles. The van der Waals surface area contributed by atoms with Crippen LogP contribution in [0, 0.1) is 5.92 Å². The van der Waals surface area contributed by atoms with E-state index >= 15 is 0 Å². The standard InChI is InChI=1S/C11H22N2O/c1-8-4-12-5-11(8)13-6-10(3)14-7-9(13)2/h8-12H,4-7H2,1-3H3. The van der Waals surface area contributed by atoms with Gasteiger partial charge in [0.2, 0.25) is 0 Å². The number of hydrogen-bond acceptors (Lipinski definition) is 3. The Hall–Kier alpha value is -0.120. The van der Waals surface area contributed by atoms with Crippen LogP contribution in [-0.4, -0.2) is 49.3 Å². The minimum Gasteiger partial charge on any atom is -0.376 e. The topological polar surface area (TPSA) is 24.5 Å². The van der Waals surface area contributed by atoms with Crippen LogP contribution in [0.4, 0.5) is 0 Å². The molecule has 4 unspecified atom stereocenters. The Morgan fingerprint density at radius 1 is 1.21 bits per heavy atom. The van der Waals surface area contributed by atoms with E-state index in [9.17, 15) is 0 Å². The molecule has 82 valence electrons. The lowest BCUT2D eigenvalue weighted by molar-refractivity contribution is -0.0681. The molecule has 0 saturated carbocycles. The predicted molar refractivity (Wildman–Crippen MR) is 57.4 cm³/mol. The van der Waals surface area contributed by atoms with E-state index < -0.39 is 0 Å². The van der Waals surface area contributed by atoms with E-state index in [2.05, 4.69) is 31.0 Å². The maximum Gasteiger partial charge on any atom is 0.0674 e. The number of hydrogen-bond donors (Lipinski definition) is 1. The van der Waals surface area contributed by atoms with Gasteiger partial charge in [-0.2, -0.15) is 0 Å². The van der Waals surface area contributed by atoms with Crippen molar-refractivity contribution < 1.29 is 4.74 Å². The van der Waals surface area contributed by atoms with Gasteiger partial charge in [0.05, 0.1) is 12.7 Å². The Balaban J connectivity index is 2.00. The van der Waals surface area contributed by atoms with Crippen LogP contribution in [0.2, 0.25) is 0 Å². The lowest BCUT2D eigenvalue weighted by Gasteiger charge is -2.41. The first-order valence-electron chi connectivity index (χ1n) is 5.76. The van der Waals surface area contributed by atoms with E-state index in [-0.39, 0.29) is 0 Å². The third-order valence-electron chi connectivity index (χ3n) is 3.56. The SMILES string of the molecule is CC1CN(C2CNCC2C)C(C)CO1. The van der Waals surface area contributed by atoms with Crippen molar-refractivity contribution in [2.45, 2.75) is 39.0 Å². The van der Waals surface area contributed by atoms with E-state index in [1.165, 1.54) is 6.54 Å². The second-order valence-corrected chi connectivity index (χ2v) is 4.89. The molecule has 0 aliphatic carbocycles. The van der Waals surface area contributed by atoms with Crippen molar-refractivity contribution in [3.8, 4) is 0 Å². The first kappa shape index (κ1) is 10.4. The molecule has 3 nitrogen and oxygen atoms in total. The Morgan fingerprint density at radius 2 is 2.00 bits per heavy atom. The molecule has 14 heavy (non-hydrogen) atoms. The quantitative estimate of drug-likeness (QED) is 0.671. The molecule has 4 atom stereocenters. The molecule has 2 aliphatic rings. The van der Waals surface area contributed by atoms with Gasteiger partial charge in [-0.3, -0.25) is 4.90 Å². The van der Waals surface area contributed by atoms with Crippen molar-refractivity contribution in [2.24, 2.45) is 5.92 Å². The van der Waals surface area contributed by atoms with Gasteiger partial charge in [-0.25, -0.2) is 0 Å². The zero-order valence-corrected chi connectivity index (χ0v) is 9.49. The van der Waals surface area contributed by atoms with Crippen molar-refractivity contribution in [2.75, 3.05) is 26.2 Å². The highest BCUT2D eigenvalue weighted by Gasteiger charge is 2.34. The largest absolute Gasteiger partial charge is 0.376 e. The Bertz CT molecular complexity index is 198. The second-order valence-electron chi connectivity index (χ2n) is 4.89. The van der Waals surface area contributed by atoms with E-state index in [4.69, 9.17) is 4.74 Å². The van der Waals surface area contributed by atoms with Crippen LogP contribution in [0.3, 0.4) is 0 Å². The molecule has 0 aromatic rings. The molecule has 0 aromatic carbocycles. The van der Waals surface area contributed by atoms with Crippen LogP contribution >= 0.6 is 0 Å². The number of morpholine rings is 1. The highest BCUT2D eigenvalue weighted by Crippen LogP contribution is 2.21. The van der Waals surface area contributed by atoms with E-state index in [0.717, 1.165) is 31.7 Å². The summed E-state index contributed by atoms with van der Waals surface area (Å²) in [5.41, 5.74) is 0. The minimum absolute atomic E-state index is 0.402. The molecule has 0 bridgehead atoms. The maximum atomic E-state index is 5.65. The third-order valence-corrected chi connectivity index (χ3v) is 3.56. The molecule has 1 N–H and O–H groups in total. The van der Waals surface area contributed by atoms with Gasteiger partial charge in [0.15, 0.2) is 0 Å². The minimum atomic E-state index is 0.402. The van der Waals surface area contributed by atoms with Crippen molar-refractivity contribution >= 4 is 0 Å². The summed E-state index contributed by atoms with van der Waals surface area (Å²) in [5.74, 6) is 0.780. The Kier molecular flexibility index (Phi) is 3.10. The van der Waals surface area contributed by atoms with Gasteiger partial charge in [0.1, 0.15) is 0 Å². The lowest BCUT2D eigenvalue weighted by atomic mass is 10.0. The summed E-state index contributed by atoms with van der Waals surface area (Å²) in [4.78, 5) is 2.62. The van der Waals surface area contributed by atoms with E-state index in [0.29, 0.717) is 12.1 Å². The van der Waals surface area contributed by atoms with Crippen LogP contribution in [-0.2, 0) is 4.74 Å². The first-order chi connectivity index (χ1) is 6.68. The number of nitrogens with one attached hydrogen (secondary N) is 1.